The van der Waals surface area contributed by atoms with Gasteiger partial charge in [0, 0.05) is 41.4 Å². The molecule has 5 heteroatoms. The van der Waals surface area contributed by atoms with Crippen molar-refractivity contribution in [3.8, 4) is 0 Å². The number of aliphatic hydroxyl groups is 1. The van der Waals surface area contributed by atoms with Gasteiger partial charge in [-0.15, -0.1) is 0 Å². The minimum absolute atomic E-state index is 0.00399. The Morgan fingerprint density at radius 2 is 1.67 bits per heavy atom. The predicted octanol–water partition coefficient (Wildman–Crippen LogP) is 4.42. The molecule has 1 N–H and O–H groups in total. The molecule has 0 saturated heterocycles. The van der Waals surface area contributed by atoms with E-state index in [1.807, 2.05) is 0 Å². The van der Waals surface area contributed by atoms with E-state index in [4.69, 9.17) is 11.6 Å². The van der Waals surface area contributed by atoms with Gasteiger partial charge in [0.05, 0.1) is 10.7 Å². The fourth-order valence-electron chi connectivity index (χ4n) is 2.25. The van der Waals surface area contributed by atoms with Crippen LogP contribution >= 0.6 is 11.6 Å². The lowest BCUT2D eigenvalue weighted by Gasteiger charge is -2.07. The molecule has 0 amide bonds. The fourth-order valence-corrected chi connectivity index (χ4v) is 2.47. The van der Waals surface area contributed by atoms with Gasteiger partial charge in [-0.25, -0.2) is 0 Å². The van der Waals surface area contributed by atoms with Crippen molar-refractivity contribution in [3.05, 3.63) is 94.5 Å². The predicted molar refractivity (Wildman–Crippen MR) is 93.9 cm³/mol. The number of halogens is 1. The van der Waals surface area contributed by atoms with Crippen LogP contribution in [0.4, 0.5) is 0 Å². The molecule has 0 unspecified atom stereocenters. The number of hydrogen-bond acceptors (Lipinski definition) is 4. The molecule has 24 heavy (non-hydrogen) atoms. The van der Waals surface area contributed by atoms with Crippen LogP contribution in [0.25, 0.3) is 11.8 Å². The van der Waals surface area contributed by atoms with Gasteiger partial charge in [0.1, 0.15) is 5.76 Å². The van der Waals surface area contributed by atoms with Gasteiger partial charge < -0.3 is 5.11 Å². The van der Waals surface area contributed by atoms with Crippen LogP contribution in [0, 0.1) is 0 Å². The first-order valence-corrected chi connectivity index (χ1v) is 7.60. The monoisotopic (exact) mass is 336 g/mol. The van der Waals surface area contributed by atoms with Crippen molar-refractivity contribution in [2.75, 3.05) is 0 Å². The molecule has 3 rings (SSSR count). The van der Waals surface area contributed by atoms with E-state index in [-0.39, 0.29) is 11.5 Å². The Morgan fingerprint density at radius 3 is 2.42 bits per heavy atom. The average Bonchev–Trinajstić information content (AvgIpc) is 2.63. The summed E-state index contributed by atoms with van der Waals surface area (Å²) in [4.78, 5) is 20.9. The van der Waals surface area contributed by atoms with E-state index in [0.29, 0.717) is 27.4 Å². The Kier molecular flexibility index (Phi) is 4.68. The van der Waals surface area contributed by atoms with Crippen molar-refractivity contribution < 1.29 is 9.90 Å². The van der Waals surface area contributed by atoms with Crippen LogP contribution in [0.3, 0.4) is 0 Å². The summed E-state index contributed by atoms with van der Waals surface area (Å²) in [6.45, 7) is 0. The zero-order valence-corrected chi connectivity index (χ0v) is 13.3. The number of carbonyl (C=O) groups is 1. The fraction of sp³-hybridized carbons (Fsp3) is 0. The molecule has 0 bridgehead atoms. The summed E-state index contributed by atoms with van der Waals surface area (Å²) in [7, 11) is 0. The molecular formula is C19H13ClN2O2. The van der Waals surface area contributed by atoms with Gasteiger partial charge >= 0.3 is 0 Å². The van der Waals surface area contributed by atoms with Crippen LogP contribution in [0.5, 0.6) is 0 Å². The zero-order chi connectivity index (χ0) is 16.9. The van der Waals surface area contributed by atoms with Gasteiger partial charge in [-0.05, 0) is 36.4 Å². The molecule has 2 aromatic heterocycles. The summed E-state index contributed by atoms with van der Waals surface area (Å²) in [5.41, 5.74) is 1.72. The number of rotatable bonds is 4. The van der Waals surface area contributed by atoms with Crippen LogP contribution in [0.2, 0.25) is 5.02 Å². The van der Waals surface area contributed by atoms with E-state index in [0.717, 1.165) is 0 Å². The molecule has 0 saturated carbocycles. The molecule has 0 spiro atoms. The molecule has 1 aromatic carbocycles. The summed E-state index contributed by atoms with van der Waals surface area (Å²) in [6, 6.07) is 13.5. The van der Waals surface area contributed by atoms with Crippen molar-refractivity contribution in [1.29, 1.82) is 0 Å². The number of aliphatic hydroxyl groups excluding tert-OH is 1. The third-order valence-electron chi connectivity index (χ3n) is 3.45. The molecule has 3 aromatic rings. The SMILES string of the molecule is O=C(c1ccccc1Cl)c1cccnc1/C=C(/O)c1ccncc1. The molecule has 4 nitrogen and oxygen atoms in total. The summed E-state index contributed by atoms with van der Waals surface area (Å²) >= 11 is 6.11. The minimum Gasteiger partial charge on any atom is -0.507 e. The average molecular weight is 337 g/mol. The Bertz CT molecular complexity index is 908. The minimum atomic E-state index is -0.248. The van der Waals surface area contributed by atoms with Gasteiger partial charge in [-0.1, -0.05) is 23.7 Å². The van der Waals surface area contributed by atoms with Crippen molar-refractivity contribution in [2.45, 2.75) is 0 Å². The van der Waals surface area contributed by atoms with E-state index in [2.05, 4.69) is 9.97 Å². The lowest BCUT2D eigenvalue weighted by Crippen LogP contribution is -2.05. The normalized spacial score (nSPS) is 11.3. The van der Waals surface area contributed by atoms with E-state index < -0.39 is 0 Å². The lowest BCUT2D eigenvalue weighted by molar-refractivity contribution is 0.103. The summed E-state index contributed by atoms with van der Waals surface area (Å²) < 4.78 is 0. The zero-order valence-electron chi connectivity index (χ0n) is 12.6. The van der Waals surface area contributed by atoms with Crippen LogP contribution in [0.1, 0.15) is 27.2 Å². The summed E-state index contributed by atoms with van der Waals surface area (Å²) in [6.07, 6.45) is 6.18. The third-order valence-corrected chi connectivity index (χ3v) is 3.78. The maximum Gasteiger partial charge on any atom is 0.196 e. The number of benzene rings is 1. The number of carbonyl (C=O) groups excluding carboxylic acids is 1. The molecule has 0 aliphatic carbocycles. The standard InChI is InChI=1S/C19H13ClN2O2/c20-16-6-2-1-4-14(16)19(24)15-5-3-9-22-17(15)12-18(23)13-7-10-21-11-8-13/h1-12,23H/b18-12+. The first-order chi connectivity index (χ1) is 11.7. The molecule has 0 fully saturated rings. The Hall–Kier alpha value is -2.98. The first-order valence-electron chi connectivity index (χ1n) is 7.22. The highest BCUT2D eigenvalue weighted by atomic mass is 35.5. The highest BCUT2D eigenvalue weighted by Gasteiger charge is 2.16. The van der Waals surface area contributed by atoms with Gasteiger partial charge in [0.25, 0.3) is 0 Å². The van der Waals surface area contributed by atoms with Crippen LogP contribution in [0.15, 0.2) is 67.1 Å². The Labute approximate surface area is 144 Å². The highest BCUT2D eigenvalue weighted by Crippen LogP contribution is 2.22. The number of ketones is 1. The van der Waals surface area contributed by atoms with E-state index in [1.165, 1.54) is 6.08 Å². The van der Waals surface area contributed by atoms with Crippen molar-refractivity contribution >= 4 is 29.2 Å². The van der Waals surface area contributed by atoms with E-state index in [9.17, 15) is 9.90 Å². The second-order valence-corrected chi connectivity index (χ2v) is 5.42. The molecule has 0 atom stereocenters. The largest absolute Gasteiger partial charge is 0.507 e. The second kappa shape index (κ2) is 7.06. The van der Waals surface area contributed by atoms with Crippen molar-refractivity contribution in [3.63, 3.8) is 0 Å². The van der Waals surface area contributed by atoms with Crippen LogP contribution in [-0.2, 0) is 0 Å². The van der Waals surface area contributed by atoms with Crippen molar-refractivity contribution in [2.24, 2.45) is 0 Å². The molecule has 0 aliphatic rings. The summed E-state index contributed by atoms with van der Waals surface area (Å²) in [5.74, 6) is -0.244. The smallest absolute Gasteiger partial charge is 0.196 e. The van der Waals surface area contributed by atoms with Crippen molar-refractivity contribution in [1.82, 2.24) is 9.97 Å². The quantitative estimate of drug-likeness (QED) is 0.566. The third kappa shape index (κ3) is 3.34. The van der Waals surface area contributed by atoms with Gasteiger partial charge in [0.2, 0.25) is 0 Å². The number of pyridine rings is 2. The molecular weight excluding hydrogens is 324 g/mol. The summed E-state index contributed by atoms with van der Waals surface area (Å²) in [5, 5.41) is 10.6. The van der Waals surface area contributed by atoms with E-state index in [1.54, 1.807) is 67.1 Å². The number of hydrogen-bond donors (Lipinski definition) is 1. The van der Waals surface area contributed by atoms with Gasteiger partial charge in [-0.2, -0.15) is 0 Å². The maximum atomic E-state index is 12.8. The Balaban J connectivity index is 2.03. The second-order valence-electron chi connectivity index (χ2n) is 5.01. The lowest BCUT2D eigenvalue weighted by atomic mass is 10.0. The molecule has 0 aliphatic heterocycles. The van der Waals surface area contributed by atoms with Crippen LogP contribution < -0.4 is 0 Å². The maximum absolute atomic E-state index is 12.8. The molecule has 0 radical (unpaired) electrons. The Morgan fingerprint density at radius 1 is 0.958 bits per heavy atom. The van der Waals surface area contributed by atoms with Crippen LogP contribution in [-0.4, -0.2) is 20.9 Å². The number of nitrogens with zero attached hydrogens (tertiary/aromatic N) is 2. The van der Waals surface area contributed by atoms with E-state index >= 15 is 0 Å². The molecule has 118 valence electrons. The van der Waals surface area contributed by atoms with Gasteiger partial charge in [0.15, 0.2) is 5.78 Å². The first kappa shape index (κ1) is 15.9. The number of aromatic nitrogens is 2. The highest BCUT2D eigenvalue weighted by molar-refractivity contribution is 6.35. The topological polar surface area (TPSA) is 63.1 Å². The van der Waals surface area contributed by atoms with Gasteiger partial charge in [-0.3, -0.25) is 14.8 Å². The molecule has 2 heterocycles.